The predicted octanol–water partition coefficient (Wildman–Crippen LogP) is 2.22. The highest BCUT2D eigenvalue weighted by molar-refractivity contribution is 7.89. The molecule has 1 aromatic rings. The molecule has 2 N–H and O–H groups in total. The second-order valence-electron chi connectivity index (χ2n) is 7.42. The number of benzene rings is 1. The lowest BCUT2D eigenvalue weighted by Crippen LogP contribution is -2.43. The first-order chi connectivity index (χ1) is 12.3. The number of nitrogens with one attached hydrogen (secondary N) is 2. The van der Waals surface area contributed by atoms with Crippen LogP contribution in [0.2, 0.25) is 0 Å². The van der Waals surface area contributed by atoms with Crippen molar-refractivity contribution >= 4 is 16.0 Å². The average Bonchev–Trinajstić information content (AvgIpc) is 3.02. The van der Waals surface area contributed by atoms with Gasteiger partial charge in [0.25, 0.3) is 0 Å². The fourth-order valence-electron chi connectivity index (χ4n) is 3.38. The highest BCUT2D eigenvalue weighted by atomic mass is 32.2. The Balaban J connectivity index is 1.78. The highest BCUT2D eigenvalue weighted by Gasteiger charge is 2.25. The van der Waals surface area contributed by atoms with Gasteiger partial charge in [-0.2, -0.15) is 0 Å². The standard InChI is InChI=1S/C19H32N4O2S/c1-15(2)13-17-9-12-23(14-17)19(20-4)21-10-11-22-26(24,25)18-7-5-16(3)6-8-18/h5-8,15,17,22H,9-14H2,1-4H3,(H,20,21). The van der Waals surface area contributed by atoms with Crippen LogP contribution < -0.4 is 10.0 Å². The minimum atomic E-state index is -3.47. The summed E-state index contributed by atoms with van der Waals surface area (Å²) in [5.74, 6) is 2.28. The van der Waals surface area contributed by atoms with Gasteiger partial charge in [0, 0.05) is 33.2 Å². The Morgan fingerprint density at radius 3 is 2.58 bits per heavy atom. The van der Waals surface area contributed by atoms with E-state index in [1.807, 2.05) is 6.92 Å². The lowest BCUT2D eigenvalue weighted by molar-refractivity contribution is 0.404. The number of sulfonamides is 1. The molecule has 1 heterocycles. The molecule has 26 heavy (non-hydrogen) atoms. The third kappa shape index (κ3) is 5.99. The van der Waals surface area contributed by atoms with Gasteiger partial charge in [-0.25, -0.2) is 13.1 Å². The molecule has 2 rings (SSSR count). The smallest absolute Gasteiger partial charge is 0.240 e. The van der Waals surface area contributed by atoms with E-state index in [1.165, 1.54) is 12.8 Å². The third-order valence-corrected chi connectivity index (χ3v) is 6.11. The van der Waals surface area contributed by atoms with E-state index in [0.717, 1.165) is 24.6 Å². The summed E-state index contributed by atoms with van der Waals surface area (Å²) in [7, 11) is -1.69. The van der Waals surface area contributed by atoms with Crippen LogP contribution in [0.1, 0.15) is 32.3 Å². The zero-order valence-corrected chi connectivity index (χ0v) is 17.1. The zero-order chi connectivity index (χ0) is 19.2. The summed E-state index contributed by atoms with van der Waals surface area (Å²) in [6.07, 6.45) is 2.43. The van der Waals surface area contributed by atoms with Gasteiger partial charge in [-0.3, -0.25) is 4.99 Å². The molecule has 0 saturated carbocycles. The number of hydrogen-bond donors (Lipinski definition) is 2. The molecule has 1 fully saturated rings. The van der Waals surface area contributed by atoms with Gasteiger partial charge in [0.2, 0.25) is 10.0 Å². The third-order valence-electron chi connectivity index (χ3n) is 4.63. The molecule has 7 heteroatoms. The number of aryl methyl sites for hydroxylation is 1. The monoisotopic (exact) mass is 380 g/mol. The maximum Gasteiger partial charge on any atom is 0.240 e. The van der Waals surface area contributed by atoms with E-state index in [9.17, 15) is 8.42 Å². The van der Waals surface area contributed by atoms with Crippen molar-refractivity contribution in [2.45, 2.75) is 38.5 Å². The molecule has 146 valence electrons. The molecule has 1 saturated heterocycles. The van der Waals surface area contributed by atoms with Crippen molar-refractivity contribution in [1.82, 2.24) is 14.9 Å². The van der Waals surface area contributed by atoms with Crippen molar-refractivity contribution in [3.8, 4) is 0 Å². The summed E-state index contributed by atoms with van der Waals surface area (Å²) in [4.78, 5) is 6.90. The van der Waals surface area contributed by atoms with Crippen molar-refractivity contribution in [3.63, 3.8) is 0 Å². The molecule has 1 unspecified atom stereocenters. The molecular formula is C19H32N4O2S. The van der Waals surface area contributed by atoms with Gasteiger partial charge >= 0.3 is 0 Å². The van der Waals surface area contributed by atoms with E-state index in [4.69, 9.17) is 0 Å². The van der Waals surface area contributed by atoms with Crippen LogP contribution in [0.15, 0.2) is 34.2 Å². The summed E-state index contributed by atoms with van der Waals surface area (Å²) in [6.45, 7) is 9.30. The molecule has 6 nitrogen and oxygen atoms in total. The van der Waals surface area contributed by atoms with Crippen LogP contribution in [0.5, 0.6) is 0 Å². The number of aliphatic imine (C=N–C) groups is 1. The number of rotatable bonds is 7. The molecule has 1 aliphatic rings. The first-order valence-corrected chi connectivity index (χ1v) is 10.8. The molecule has 0 spiro atoms. The fourth-order valence-corrected chi connectivity index (χ4v) is 4.41. The van der Waals surface area contributed by atoms with E-state index >= 15 is 0 Å². The normalized spacial score (nSPS) is 18.6. The van der Waals surface area contributed by atoms with E-state index < -0.39 is 10.0 Å². The Bertz CT molecular complexity index is 699. The van der Waals surface area contributed by atoms with E-state index in [1.54, 1.807) is 31.3 Å². The number of nitrogens with zero attached hydrogens (tertiary/aromatic N) is 2. The van der Waals surface area contributed by atoms with Crippen LogP contribution in [0, 0.1) is 18.8 Å². The van der Waals surface area contributed by atoms with Crippen LogP contribution in [-0.2, 0) is 10.0 Å². The largest absolute Gasteiger partial charge is 0.355 e. The zero-order valence-electron chi connectivity index (χ0n) is 16.3. The molecule has 1 atom stereocenters. The topological polar surface area (TPSA) is 73.8 Å². The molecule has 0 bridgehead atoms. The maximum atomic E-state index is 12.3. The van der Waals surface area contributed by atoms with Gasteiger partial charge in [0.05, 0.1) is 4.90 Å². The van der Waals surface area contributed by atoms with Crippen molar-refractivity contribution in [2.24, 2.45) is 16.8 Å². The van der Waals surface area contributed by atoms with Crippen LogP contribution in [-0.4, -0.2) is 52.5 Å². The fraction of sp³-hybridized carbons (Fsp3) is 0.632. The minimum Gasteiger partial charge on any atom is -0.355 e. The SMILES string of the molecule is CN=C(NCCNS(=O)(=O)c1ccc(C)cc1)N1CCC(CC(C)C)C1. The molecule has 1 aromatic carbocycles. The lowest BCUT2D eigenvalue weighted by atomic mass is 9.97. The van der Waals surface area contributed by atoms with Crippen LogP contribution in [0.25, 0.3) is 0 Å². The van der Waals surface area contributed by atoms with Crippen LogP contribution in [0.3, 0.4) is 0 Å². The second kappa shape index (κ2) is 9.37. The van der Waals surface area contributed by atoms with Gasteiger partial charge in [0.15, 0.2) is 5.96 Å². The Morgan fingerprint density at radius 2 is 1.96 bits per heavy atom. The molecule has 0 aromatic heterocycles. The predicted molar refractivity (Wildman–Crippen MR) is 107 cm³/mol. The van der Waals surface area contributed by atoms with Crippen LogP contribution in [0.4, 0.5) is 0 Å². The molecule has 1 aliphatic heterocycles. The van der Waals surface area contributed by atoms with E-state index in [0.29, 0.717) is 29.8 Å². The van der Waals surface area contributed by atoms with Gasteiger partial charge < -0.3 is 10.2 Å². The molecular weight excluding hydrogens is 348 g/mol. The Hall–Kier alpha value is -1.60. The second-order valence-corrected chi connectivity index (χ2v) is 9.18. The first kappa shape index (κ1) is 20.7. The van der Waals surface area contributed by atoms with Crippen molar-refractivity contribution in [3.05, 3.63) is 29.8 Å². The molecule has 0 aliphatic carbocycles. The van der Waals surface area contributed by atoms with Crippen molar-refractivity contribution < 1.29 is 8.42 Å². The number of guanidine groups is 1. The Morgan fingerprint density at radius 1 is 1.27 bits per heavy atom. The number of likely N-dealkylation sites (tertiary alicyclic amines) is 1. The Labute approximate surface area is 158 Å². The van der Waals surface area contributed by atoms with E-state index in [-0.39, 0.29) is 0 Å². The Kier molecular flexibility index (Phi) is 7.46. The van der Waals surface area contributed by atoms with Gasteiger partial charge in [-0.15, -0.1) is 0 Å². The molecule has 0 amide bonds. The summed E-state index contributed by atoms with van der Waals surface area (Å²) < 4.78 is 27.2. The first-order valence-electron chi connectivity index (χ1n) is 9.33. The minimum absolute atomic E-state index is 0.295. The average molecular weight is 381 g/mol. The summed E-state index contributed by atoms with van der Waals surface area (Å²) in [5, 5.41) is 3.27. The van der Waals surface area contributed by atoms with Crippen LogP contribution >= 0.6 is 0 Å². The summed E-state index contributed by atoms with van der Waals surface area (Å²) >= 11 is 0. The van der Waals surface area contributed by atoms with Gasteiger partial charge in [0.1, 0.15) is 0 Å². The lowest BCUT2D eigenvalue weighted by Gasteiger charge is -2.22. The molecule has 0 radical (unpaired) electrons. The maximum absolute atomic E-state index is 12.3. The van der Waals surface area contributed by atoms with Crippen molar-refractivity contribution in [1.29, 1.82) is 0 Å². The van der Waals surface area contributed by atoms with Gasteiger partial charge in [-0.1, -0.05) is 31.5 Å². The summed E-state index contributed by atoms with van der Waals surface area (Å²) in [6, 6.07) is 6.86. The quantitative estimate of drug-likeness (QED) is 0.432. The highest BCUT2D eigenvalue weighted by Crippen LogP contribution is 2.23. The van der Waals surface area contributed by atoms with Crippen molar-refractivity contribution in [2.75, 3.05) is 33.2 Å². The van der Waals surface area contributed by atoms with E-state index in [2.05, 4.69) is 33.8 Å². The van der Waals surface area contributed by atoms with Gasteiger partial charge in [-0.05, 0) is 43.7 Å². The summed E-state index contributed by atoms with van der Waals surface area (Å²) in [5.41, 5.74) is 1.04. The number of hydrogen-bond acceptors (Lipinski definition) is 3.